The van der Waals surface area contributed by atoms with Gasteiger partial charge in [-0.05, 0) is 31.6 Å². The number of carbonyl (C=O) groups is 1. The number of rotatable bonds is 10. The van der Waals surface area contributed by atoms with Crippen LogP contribution in [0.15, 0.2) is 18.6 Å². The van der Waals surface area contributed by atoms with Gasteiger partial charge < -0.3 is 31.1 Å². The molecule has 1 aliphatic rings. The summed E-state index contributed by atoms with van der Waals surface area (Å²) in [7, 11) is 0. The van der Waals surface area contributed by atoms with Crippen molar-refractivity contribution in [3.63, 3.8) is 0 Å². The van der Waals surface area contributed by atoms with Crippen molar-refractivity contribution in [1.29, 1.82) is 0 Å². The van der Waals surface area contributed by atoms with Gasteiger partial charge in [-0.15, -0.1) is 0 Å². The van der Waals surface area contributed by atoms with E-state index >= 15 is 0 Å². The molecular formula is C19H29N5O5S. The van der Waals surface area contributed by atoms with Crippen molar-refractivity contribution in [3.8, 4) is 0 Å². The zero-order valence-electron chi connectivity index (χ0n) is 17.1. The Hall–Kier alpha value is -1.92. The maximum Gasteiger partial charge on any atom is 0.320 e. The monoisotopic (exact) mass is 439 g/mol. The first-order valence-electron chi connectivity index (χ1n) is 9.95. The maximum absolute atomic E-state index is 11.2. The fraction of sp³-hybridized carbons (Fsp3) is 0.632. The normalized spacial score (nSPS) is 26.0. The molecule has 0 aromatic carbocycles. The third-order valence-corrected chi connectivity index (χ3v) is 6.47. The van der Waals surface area contributed by atoms with Gasteiger partial charge in [-0.25, -0.2) is 9.97 Å². The Labute approximate surface area is 178 Å². The highest BCUT2D eigenvalue weighted by atomic mass is 32.2. The molecule has 11 heteroatoms. The Morgan fingerprint density at radius 1 is 1.53 bits per heavy atom. The number of hydrogen-bond donors (Lipinski definition) is 5. The Bertz CT molecular complexity index is 880. The van der Waals surface area contributed by atoms with Crippen molar-refractivity contribution < 1.29 is 24.9 Å². The lowest BCUT2D eigenvalue weighted by Gasteiger charge is -2.28. The minimum absolute atomic E-state index is 0.0874. The smallest absolute Gasteiger partial charge is 0.320 e. The zero-order chi connectivity index (χ0) is 21.9. The molecule has 30 heavy (non-hydrogen) atoms. The number of pyridine rings is 1. The largest absolute Gasteiger partial charge is 0.480 e. The van der Waals surface area contributed by atoms with E-state index in [1.54, 1.807) is 12.3 Å². The summed E-state index contributed by atoms with van der Waals surface area (Å²) in [6.07, 6.45) is 2.59. The van der Waals surface area contributed by atoms with E-state index < -0.39 is 29.9 Å². The van der Waals surface area contributed by atoms with Crippen molar-refractivity contribution in [2.75, 3.05) is 23.4 Å². The summed E-state index contributed by atoms with van der Waals surface area (Å²) in [5.74, 6) is 0.512. The second-order valence-corrected chi connectivity index (χ2v) is 8.73. The highest BCUT2D eigenvalue weighted by molar-refractivity contribution is 7.99. The number of anilines is 1. The highest BCUT2D eigenvalue weighted by Gasteiger charge is 2.50. The number of nitrogens with zero attached hydrogens (tertiary/aromatic N) is 3. The summed E-state index contributed by atoms with van der Waals surface area (Å²) < 4.78 is 7.20. The summed E-state index contributed by atoms with van der Waals surface area (Å²) >= 11 is 1.43. The zero-order valence-corrected chi connectivity index (χ0v) is 17.9. The summed E-state index contributed by atoms with van der Waals surface area (Å²) in [5.41, 5.74) is 5.09. The number of aliphatic carboxylic acids is 1. The van der Waals surface area contributed by atoms with Crippen molar-refractivity contribution in [3.05, 3.63) is 18.6 Å². The van der Waals surface area contributed by atoms with Gasteiger partial charge >= 0.3 is 5.97 Å². The van der Waals surface area contributed by atoms with Crippen LogP contribution in [-0.2, 0) is 15.3 Å². The maximum atomic E-state index is 11.2. The van der Waals surface area contributed by atoms with Gasteiger partial charge in [0.2, 0.25) is 0 Å². The lowest BCUT2D eigenvalue weighted by molar-refractivity contribution is -0.138. The molecule has 166 valence electrons. The Morgan fingerprint density at radius 3 is 3.00 bits per heavy atom. The first-order valence-corrected chi connectivity index (χ1v) is 11.1. The molecule has 5 unspecified atom stereocenters. The fourth-order valence-corrected chi connectivity index (χ4v) is 4.38. The molecule has 0 spiro atoms. The first-order chi connectivity index (χ1) is 14.3. The summed E-state index contributed by atoms with van der Waals surface area (Å²) in [5, 5.41) is 34.2. The number of ether oxygens (including phenoxy) is 1. The van der Waals surface area contributed by atoms with Crippen LogP contribution in [0, 0.1) is 0 Å². The number of imidazole rings is 1. The molecule has 1 aliphatic heterocycles. The van der Waals surface area contributed by atoms with Gasteiger partial charge in [0, 0.05) is 18.0 Å². The number of carboxylic acid groups (broad SMARTS) is 1. The molecule has 0 radical (unpaired) electrons. The summed E-state index contributed by atoms with van der Waals surface area (Å²) in [4.78, 5) is 19.5. The van der Waals surface area contributed by atoms with Crippen LogP contribution in [0.1, 0.15) is 26.7 Å². The number of aromatic nitrogens is 3. The Kier molecular flexibility index (Phi) is 7.19. The molecule has 2 aromatic heterocycles. The molecule has 1 saturated heterocycles. The fourth-order valence-electron chi connectivity index (χ4n) is 3.28. The molecule has 0 bridgehead atoms. The molecule has 5 atom stereocenters. The predicted octanol–water partition coefficient (Wildman–Crippen LogP) is 0.582. The topological polar surface area (TPSA) is 156 Å². The number of aliphatic hydroxyl groups is 2. The molecule has 1 fully saturated rings. The number of nitrogens with one attached hydrogen (secondary N) is 1. The van der Waals surface area contributed by atoms with Crippen LogP contribution >= 0.6 is 11.8 Å². The van der Waals surface area contributed by atoms with Crippen molar-refractivity contribution in [2.45, 2.75) is 56.7 Å². The van der Waals surface area contributed by atoms with Gasteiger partial charge in [0.15, 0.2) is 11.5 Å². The molecule has 0 aliphatic carbocycles. The van der Waals surface area contributed by atoms with E-state index in [-0.39, 0.29) is 12.6 Å². The van der Waals surface area contributed by atoms with Crippen LogP contribution < -0.4 is 11.1 Å². The molecule has 2 aromatic rings. The average Bonchev–Trinajstić information content (AvgIpc) is 3.28. The van der Waals surface area contributed by atoms with Gasteiger partial charge in [0.1, 0.15) is 17.7 Å². The van der Waals surface area contributed by atoms with Gasteiger partial charge in [0.25, 0.3) is 0 Å². The lowest BCUT2D eigenvalue weighted by Crippen LogP contribution is -2.46. The van der Waals surface area contributed by atoms with E-state index in [0.29, 0.717) is 34.8 Å². The predicted molar refractivity (Wildman–Crippen MR) is 114 cm³/mol. The molecule has 3 heterocycles. The number of hydrogen-bond acceptors (Lipinski definition) is 9. The van der Waals surface area contributed by atoms with Gasteiger partial charge in [0.05, 0.1) is 24.6 Å². The molecule has 0 amide bonds. The molecule has 10 nitrogen and oxygen atoms in total. The van der Waals surface area contributed by atoms with E-state index in [2.05, 4.69) is 22.2 Å². The van der Waals surface area contributed by atoms with Gasteiger partial charge in [-0.3, -0.25) is 9.36 Å². The van der Waals surface area contributed by atoms with Crippen LogP contribution in [-0.4, -0.2) is 78.2 Å². The third-order valence-electron chi connectivity index (χ3n) is 5.39. The summed E-state index contributed by atoms with van der Waals surface area (Å²) in [6, 6.07) is 1.05. The molecule has 3 rings (SSSR count). The van der Waals surface area contributed by atoms with E-state index in [1.807, 2.05) is 6.92 Å². The minimum Gasteiger partial charge on any atom is -0.480 e. The average molecular weight is 440 g/mol. The lowest BCUT2D eigenvalue weighted by atomic mass is 10.1. The Morgan fingerprint density at radius 2 is 2.30 bits per heavy atom. The van der Waals surface area contributed by atoms with E-state index in [4.69, 9.17) is 15.6 Å². The van der Waals surface area contributed by atoms with E-state index in [1.165, 1.54) is 22.7 Å². The van der Waals surface area contributed by atoms with E-state index in [0.717, 1.165) is 6.42 Å². The van der Waals surface area contributed by atoms with Crippen LogP contribution in [0.3, 0.4) is 0 Å². The van der Waals surface area contributed by atoms with Crippen LogP contribution in [0.25, 0.3) is 11.0 Å². The highest BCUT2D eigenvalue weighted by Crippen LogP contribution is 2.34. The molecule has 6 N–H and O–H groups in total. The van der Waals surface area contributed by atoms with Crippen molar-refractivity contribution in [2.24, 2.45) is 5.73 Å². The summed E-state index contributed by atoms with van der Waals surface area (Å²) in [6.45, 7) is 4.03. The quantitative estimate of drug-likeness (QED) is 0.332. The third kappa shape index (κ3) is 4.54. The van der Waals surface area contributed by atoms with E-state index in [9.17, 15) is 15.0 Å². The number of carboxylic acids is 1. The number of fused-ring (bicyclic) bond motifs is 1. The van der Waals surface area contributed by atoms with Gasteiger partial charge in [-0.1, -0.05) is 6.92 Å². The van der Waals surface area contributed by atoms with Crippen LogP contribution in [0.4, 0.5) is 5.82 Å². The number of nitrogens with two attached hydrogens (primary N) is 1. The second kappa shape index (κ2) is 9.48. The molecular weight excluding hydrogens is 410 g/mol. The van der Waals surface area contributed by atoms with Crippen molar-refractivity contribution in [1.82, 2.24) is 14.5 Å². The van der Waals surface area contributed by atoms with Gasteiger partial charge in [-0.2, -0.15) is 11.8 Å². The second-order valence-electron chi connectivity index (χ2n) is 7.58. The SMILES string of the molecule is CCC(C)Nc1nccc2c1ncn2C1(O)COC(CSCCC(N)C(=O)O)C1O. The van der Waals surface area contributed by atoms with Crippen LogP contribution in [0.2, 0.25) is 0 Å². The van der Waals surface area contributed by atoms with Crippen LogP contribution in [0.5, 0.6) is 0 Å². The number of thioether (sulfide) groups is 1. The standard InChI is InChI=1S/C19H29N5O5S/c1-3-11(2)23-17-15-13(4-6-21-17)24(10-22-15)19(28)9-29-14(16(19)25)8-30-7-5-12(20)18(26)27/h4,6,10-12,14,16,25,28H,3,5,7-9,20H2,1-2H3,(H,21,23)(H,26,27). The first kappa shape index (κ1) is 22.8. The minimum atomic E-state index is -1.66. The molecule has 0 saturated carbocycles. The number of aliphatic hydroxyl groups excluding tert-OH is 1. The Balaban J connectivity index is 1.71. The van der Waals surface area contributed by atoms with Crippen molar-refractivity contribution >= 4 is 34.6 Å².